The van der Waals surface area contributed by atoms with Crippen LogP contribution in [-0.4, -0.2) is 46.9 Å². The number of aromatic nitrogens is 2. The summed E-state index contributed by atoms with van der Waals surface area (Å²) in [5.41, 5.74) is 5.88. The number of carbonyl (C=O) groups is 1. The van der Waals surface area contributed by atoms with Crippen LogP contribution in [0.1, 0.15) is 39.9 Å². The van der Waals surface area contributed by atoms with Crippen molar-refractivity contribution in [2.75, 3.05) is 20.2 Å². The third-order valence-corrected chi connectivity index (χ3v) is 5.63. The van der Waals surface area contributed by atoms with E-state index in [9.17, 15) is 4.79 Å². The molecule has 2 aromatic carbocycles. The Bertz CT molecular complexity index is 1000. The summed E-state index contributed by atoms with van der Waals surface area (Å²) in [6.45, 7) is 6.15. The van der Waals surface area contributed by atoms with Gasteiger partial charge in [0.15, 0.2) is 0 Å². The van der Waals surface area contributed by atoms with Crippen LogP contribution >= 0.6 is 0 Å². The Labute approximate surface area is 178 Å². The lowest BCUT2D eigenvalue weighted by molar-refractivity contribution is 0.0587. The fourth-order valence-corrected chi connectivity index (χ4v) is 3.85. The molecule has 1 amide bonds. The molecular formula is C25H29N3O2. The van der Waals surface area contributed by atoms with Gasteiger partial charge in [-0.1, -0.05) is 59.7 Å². The standard InChI is InChI=1S/C25H29N3O2/c1-18-6-10-20(11-7-18)15-28-17-23(24(26-28)21-12-8-19(2)9-13-21)25(29)27(3)16-22-5-4-14-30-22/h6-13,17,22H,4-5,14-16H2,1-3H3. The second-order valence-electron chi connectivity index (χ2n) is 8.26. The van der Waals surface area contributed by atoms with E-state index in [1.807, 2.05) is 30.1 Å². The maximum absolute atomic E-state index is 13.3. The first-order valence-corrected chi connectivity index (χ1v) is 10.6. The van der Waals surface area contributed by atoms with Gasteiger partial charge in [-0.05, 0) is 32.3 Å². The Kier molecular flexibility index (Phi) is 6.00. The van der Waals surface area contributed by atoms with Crippen LogP contribution < -0.4 is 0 Å². The van der Waals surface area contributed by atoms with Gasteiger partial charge in [0.2, 0.25) is 0 Å². The summed E-state index contributed by atoms with van der Waals surface area (Å²) in [5, 5.41) is 4.80. The molecule has 156 valence electrons. The zero-order chi connectivity index (χ0) is 21.1. The number of likely N-dealkylation sites (N-methyl/N-ethyl adjacent to an activating group) is 1. The van der Waals surface area contributed by atoms with E-state index in [0.717, 1.165) is 36.3 Å². The fourth-order valence-electron chi connectivity index (χ4n) is 3.85. The molecule has 1 aromatic heterocycles. The average molecular weight is 404 g/mol. The van der Waals surface area contributed by atoms with Gasteiger partial charge in [0, 0.05) is 32.0 Å². The third kappa shape index (κ3) is 4.62. The molecule has 5 heteroatoms. The maximum atomic E-state index is 13.3. The van der Waals surface area contributed by atoms with Crippen molar-refractivity contribution >= 4 is 5.91 Å². The molecule has 4 rings (SSSR count). The first kappa shape index (κ1) is 20.4. The van der Waals surface area contributed by atoms with Crippen LogP contribution in [0.4, 0.5) is 0 Å². The van der Waals surface area contributed by atoms with E-state index in [4.69, 9.17) is 9.84 Å². The van der Waals surface area contributed by atoms with E-state index in [1.54, 1.807) is 4.90 Å². The zero-order valence-electron chi connectivity index (χ0n) is 18.0. The molecule has 5 nitrogen and oxygen atoms in total. The molecule has 0 radical (unpaired) electrons. The Hall–Kier alpha value is -2.92. The first-order chi connectivity index (χ1) is 14.5. The Balaban J connectivity index is 1.63. The molecule has 1 unspecified atom stereocenters. The van der Waals surface area contributed by atoms with Gasteiger partial charge in [-0.2, -0.15) is 5.10 Å². The minimum atomic E-state index is -0.0174. The molecule has 1 aliphatic rings. The van der Waals surface area contributed by atoms with Crippen LogP contribution in [0.25, 0.3) is 11.3 Å². The van der Waals surface area contributed by atoms with E-state index in [-0.39, 0.29) is 12.0 Å². The molecule has 0 spiro atoms. The molecule has 2 heterocycles. The number of rotatable bonds is 6. The Morgan fingerprint density at radius 3 is 2.40 bits per heavy atom. The highest BCUT2D eigenvalue weighted by atomic mass is 16.5. The van der Waals surface area contributed by atoms with Gasteiger partial charge in [-0.15, -0.1) is 0 Å². The maximum Gasteiger partial charge on any atom is 0.257 e. The first-order valence-electron chi connectivity index (χ1n) is 10.6. The lowest BCUT2D eigenvalue weighted by Crippen LogP contribution is -2.34. The normalized spacial score (nSPS) is 16.0. The summed E-state index contributed by atoms with van der Waals surface area (Å²) in [5.74, 6) is -0.0174. The number of aryl methyl sites for hydroxylation is 2. The number of carbonyl (C=O) groups excluding carboxylic acids is 1. The van der Waals surface area contributed by atoms with E-state index in [2.05, 4.69) is 50.2 Å². The topological polar surface area (TPSA) is 47.4 Å². The molecule has 1 saturated heterocycles. The highest BCUT2D eigenvalue weighted by molar-refractivity contribution is 5.99. The minimum Gasteiger partial charge on any atom is -0.376 e. The monoisotopic (exact) mass is 403 g/mol. The van der Waals surface area contributed by atoms with Crippen LogP contribution in [0.3, 0.4) is 0 Å². The molecule has 1 aliphatic heterocycles. The molecule has 3 aromatic rings. The van der Waals surface area contributed by atoms with Gasteiger partial charge in [-0.25, -0.2) is 0 Å². The van der Waals surface area contributed by atoms with Crippen molar-refractivity contribution in [2.45, 2.75) is 39.3 Å². The van der Waals surface area contributed by atoms with E-state index < -0.39 is 0 Å². The summed E-state index contributed by atoms with van der Waals surface area (Å²) in [6, 6.07) is 16.6. The SMILES string of the molecule is Cc1ccc(Cn2cc(C(=O)N(C)CC3CCCO3)c(-c3ccc(C)cc3)n2)cc1. The fraction of sp³-hybridized carbons (Fsp3) is 0.360. The third-order valence-electron chi connectivity index (χ3n) is 5.63. The van der Waals surface area contributed by atoms with Gasteiger partial charge in [0.05, 0.1) is 18.2 Å². The van der Waals surface area contributed by atoms with Crippen molar-refractivity contribution in [1.82, 2.24) is 14.7 Å². The van der Waals surface area contributed by atoms with Crippen LogP contribution in [0, 0.1) is 13.8 Å². The minimum absolute atomic E-state index is 0.0174. The van der Waals surface area contributed by atoms with Crippen LogP contribution in [-0.2, 0) is 11.3 Å². The Morgan fingerprint density at radius 1 is 1.10 bits per heavy atom. The van der Waals surface area contributed by atoms with Crippen LogP contribution in [0.2, 0.25) is 0 Å². The van der Waals surface area contributed by atoms with Gasteiger partial charge < -0.3 is 9.64 Å². The zero-order valence-corrected chi connectivity index (χ0v) is 18.0. The lowest BCUT2D eigenvalue weighted by atomic mass is 10.1. The van der Waals surface area contributed by atoms with E-state index in [1.165, 1.54) is 11.1 Å². The summed E-state index contributed by atoms with van der Waals surface area (Å²) in [7, 11) is 1.85. The summed E-state index contributed by atoms with van der Waals surface area (Å²) < 4.78 is 7.58. The van der Waals surface area contributed by atoms with Gasteiger partial charge in [0.1, 0.15) is 5.69 Å². The van der Waals surface area contributed by atoms with Crippen molar-refractivity contribution in [3.8, 4) is 11.3 Å². The summed E-state index contributed by atoms with van der Waals surface area (Å²) >= 11 is 0. The van der Waals surface area contributed by atoms with Gasteiger partial charge in [0.25, 0.3) is 5.91 Å². The molecule has 1 atom stereocenters. The molecular weight excluding hydrogens is 374 g/mol. The van der Waals surface area contributed by atoms with Crippen molar-refractivity contribution in [3.63, 3.8) is 0 Å². The van der Waals surface area contributed by atoms with Crippen molar-refractivity contribution in [2.24, 2.45) is 0 Å². The second kappa shape index (κ2) is 8.84. The molecule has 0 saturated carbocycles. The number of benzene rings is 2. The average Bonchev–Trinajstić information content (AvgIpc) is 3.40. The van der Waals surface area contributed by atoms with Crippen LogP contribution in [0.15, 0.2) is 54.7 Å². The van der Waals surface area contributed by atoms with Gasteiger partial charge in [-0.3, -0.25) is 9.48 Å². The number of amides is 1. The predicted molar refractivity (Wildman–Crippen MR) is 119 cm³/mol. The second-order valence-corrected chi connectivity index (χ2v) is 8.26. The van der Waals surface area contributed by atoms with Crippen molar-refractivity contribution in [1.29, 1.82) is 0 Å². The predicted octanol–water partition coefficient (Wildman–Crippen LogP) is 4.47. The van der Waals surface area contributed by atoms with Crippen molar-refractivity contribution in [3.05, 3.63) is 77.0 Å². The smallest absolute Gasteiger partial charge is 0.257 e. The number of hydrogen-bond donors (Lipinski definition) is 0. The number of nitrogens with zero attached hydrogens (tertiary/aromatic N) is 3. The van der Waals surface area contributed by atoms with E-state index in [0.29, 0.717) is 18.7 Å². The summed E-state index contributed by atoms with van der Waals surface area (Å²) in [4.78, 5) is 15.1. The lowest BCUT2D eigenvalue weighted by Gasteiger charge is -2.20. The van der Waals surface area contributed by atoms with E-state index >= 15 is 0 Å². The molecule has 0 aliphatic carbocycles. The van der Waals surface area contributed by atoms with Crippen LogP contribution in [0.5, 0.6) is 0 Å². The molecule has 0 bridgehead atoms. The molecule has 30 heavy (non-hydrogen) atoms. The number of hydrogen-bond acceptors (Lipinski definition) is 3. The van der Waals surface area contributed by atoms with Gasteiger partial charge >= 0.3 is 0 Å². The highest BCUT2D eigenvalue weighted by Crippen LogP contribution is 2.25. The number of ether oxygens (including phenoxy) is 1. The molecule has 0 N–H and O–H groups in total. The largest absolute Gasteiger partial charge is 0.376 e. The molecule has 1 fully saturated rings. The highest BCUT2D eigenvalue weighted by Gasteiger charge is 2.25. The summed E-state index contributed by atoms with van der Waals surface area (Å²) in [6.07, 6.45) is 4.08. The Morgan fingerprint density at radius 2 is 1.77 bits per heavy atom. The quantitative estimate of drug-likeness (QED) is 0.610. The van der Waals surface area contributed by atoms with Crippen molar-refractivity contribution < 1.29 is 9.53 Å².